The van der Waals surface area contributed by atoms with Crippen LogP contribution in [0.25, 0.3) is 0 Å². The molecular formula is C15H23NO3. The molecule has 0 aliphatic carbocycles. The van der Waals surface area contributed by atoms with Crippen molar-refractivity contribution in [1.82, 2.24) is 0 Å². The molecule has 1 heterocycles. The molecule has 1 saturated heterocycles. The molecule has 4 heteroatoms. The molecule has 0 amide bonds. The first kappa shape index (κ1) is 14.2. The third-order valence-electron chi connectivity index (χ3n) is 3.94. The Kier molecular flexibility index (Phi) is 4.32. The van der Waals surface area contributed by atoms with Gasteiger partial charge in [0.2, 0.25) is 0 Å². The van der Waals surface area contributed by atoms with Gasteiger partial charge < -0.3 is 19.8 Å². The molecule has 106 valence electrons. The summed E-state index contributed by atoms with van der Waals surface area (Å²) in [5.41, 5.74) is 1.76. The number of ether oxygens (including phenoxy) is 1. The van der Waals surface area contributed by atoms with E-state index >= 15 is 0 Å². The SMILES string of the molecule is COc1cccc(N2CCC(C)C(O)C2)c1C(C)O. The minimum Gasteiger partial charge on any atom is -0.496 e. The summed E-state index contributed by atoms with van der Waals surface area (Å²) in [6.45, 7) is 5.31. The maximum Gasteiger partial charge on any atom is 0.126 e. The van der Waals surface area contributed by atoms with Crippen LogP contribution in [-0.2, 0) is 0 Å². The molecule has 3 atom stereocenters. The third kappa shape index (κ3) is 2.85. The Morgan fingerprint density at radius 1 is 1.42 bits per heavy atom. The number of benzene rings is 1. The van der Waals surface area contributed by atoms with Crippen molar-refractivity contribution in [2.45, 2.75) is 32.5 Å². The molecule has 0 saturated carbocycles. The number of aliphatic hydroxyl groups is 2. The van der Waals surface area contributed by atoms with Gasteiger partial charge in [-0.1, -0.05) is 13.0 Å². The van der Waals surface area contributed by atoms with E-state index in [1.807, 2.05) is 18.2 Å². The lowest BCUT2D eigenvalue weighted by molar-refractivity contribution is 0.102. The highest BCUT2D eigenvalue weighted by atomic mass is 16.5. The van der Waals surface area contributed by atoms with Crippen LogP contribution in [-0.4, -0.2) is 36.5 Å². The predicted molar refractivity (Wildman–Crippen MR) is 75.6 cm³/mol. The van der Waals surface area contributed by atoms with Crippen molar-refractivity contribution in [3.05, 3.63) is 23.8 Å². The Morgan fingerprint density at radius 3 is 2.74 bits per heavy atom. The van der Waals surface area contributed by atoms with Crippen molar-refractivity contribution in [2.24, 2.45) is 5.92 Å². The average Bonchev–Trinajstić information content (AvgIpc) is 2.40. The second-order valence-corrected chi connectivity index (χ2v) is 5.35. The number of aliphatic hydroxyl groups excluding tert-OH is 2. The second-order valence-electron chi connectivity index (χ2n) is 5.35. The first-order valence-electron chi connectivity index (χ1n) is 6.82. The van der Waals surface area contributed by atoms with Crippen LogP contribution in [0.5, 0.6) is 5.75 Å². The van der Waals surface area contributed by atoms with Gasteiger partial charge in [-0.3, -0.25) is 0 Å². The maximum absolute atomic E-state index is 10.0. The maximum atomic E-state index is 10.0. The minimum absolute atomic E-state index is 0.318. The van der Waals surface area contributed by atoms with Crippen LogP contribution in [0.3, 0.4) is 0 Å². The number of piperidine rings is 1. The zero-order valence-electron chi connectivity index (χ0n) is 11.8. The lowest BCUT2D eigenvalue weighted by Gasteiger charge is -2.37. The number of nitrogens with zero attached hydrogens (tertiary/aromatic N) is 1. The van der Waals surface area contributed by atoms with Crippen molar-refractivity contribution in [3.8, 4) is 5.75 Å². The van der Waals surface area contributed by atoms with Crippen LogP contribution in [0.15, 0.2) is 18.2 Å². The summed E-state index contributed by atoms with van der Waals surface area (Å²) in [6.07, 6.45) is 0.0434. The highest BCUT2D eigenvalue weighted by Crippen LogP contribution is 2.36. The van der Waals surface area contributed by atoms with Crippen molar-refractivity contribution >= 4 is 5.69 Å². The molecule has 1 aromatic rings. The second kappa shape index (κ2) is 5.80. The van der Waals surface area contributed by atoms with Gasteiger partial charge in [0.1, 0.15) is 5.75 Å². The molecule has 0 bridgehead atoms. The van der Waals surface area contributed by atoms with E-state index < -0.39 is 6.10 Å². The van der Waals surface area contributed by atoms with E-state index in [0.29, 0.717) is 18.2 Å². The number of methoxy groups -OCH3 is 1. The quantitative estimate of drug-likeness (QED) is 0.877. The number of hydrogen-bond donors (Lipinski definition) is 2. The van der Waals surface area contributed by atoms with Crippen molar-refractivity contribution in [1.29, 1.82) is 0 Å². The van der Waals surface area contributed by atoms with Gasteiger partial charge in [0.05, 0.1) is 19.3 Å². The summed E-state index contributed by atoms with van der Waals surface area (Å²) in [4.78, 5) is 2.13. The van der Waals surface area contributed by atoms with Crippen molar-refractivity contribution in [3.63, 3.8) is 0 Å². The number of β-amino-alcohol motifs (C(OH)–C–C–N with tert-alkyl or cyclic N) is 1. The average molecular weight is 265 g/mol. The predicted octanol–water partition coefficient (Wildman–Crippen LogP) is 1.96. The molecule has 2 N–H and O–H groups in total. The molecule has 19 heavy (non-hydrogen) atoms. The summed E-state index contributed by atoms with van der Waals surface area (Å²) in [5, 5.41) is 20.0. The highest BCUT2D eigenvalue weighted by Gasteiger charge is 2.27. The Labute approximate surface area is 114 Å². The van der Waals surface area contributed by atoms with Gasteiger partial charge in [0, 0.05) is 24.3 Å². The third-order valence-corrected chi connectivity index (χ3v) is 3.94. The van der Waals surface area contributed by atoms with Gasteiger partial charge in [-0.25, -0.2) is 0 Å². The van der Waals surface area contributed by atoms with E-state index in [1.54, 1.807) is 14.0 Å². The number of rotatable bonds is 3. The standard InChI is InChI=1S/C15H23NO3/c1-10-7-8-16(9-13(10)18)12-5-4-6-14(19-3)15(12)11(2)17/h4-6,10-11,13,17-18H,7-9H2,1-3H3. The molecule has 3 unspecified atom stereocenters. The molecule has 1 aliphatic heterocycles. The number of hydrogen-bond acceptors (Lipinski definition) is 4. The van der Waals surface area contributed by atoms with E-state index in [2.05, 4.69) is 11.8 Å². The van der Waals surface area contributed by atoms with Crippen LogP contribution in [0.4, 0.5) is 5.69 Å². The summed E-state index contributed by atoms with van der Waals surface area (Å²) in [7, 11) is 1.61. The van der Waals surface area contributed by atoms with Crippen LogP contribution in [0.2, 0.25) is 0 Å². The van der Waals surface area contributed by atoms with Crippen LogP contribution >= 0.6 is 0 Å². The van der Waals surface area contributed by atoms with Gasteiger partial charge >= 0.3 is 0 Å². The Bertz CT molecular complexity index is 433. The Balaban J connectivity index is 2.34. The van der Waals surface area contributed by atoms with E-state index in [-0.39, 0.29) is 6.10 Å². The lowest BCUT2D eigenvalue weighted by Crippen LogP contribution is -2.43. The first-order valence-corrected chi connectivity index (χ1v) is 6.82. The van der Waals surface area contributed by atoms with Gasteiger partial charge in [0.15, 0.2) is 0 Å². The molecule has 2 rings (SSSR count). The topological polar surface area (TPSA) is 52.9 Å². The molecule has 4 nitrogen and oxygen atoms in total. The van der Waals surface area contributed by atoms with E-state index in [4.69, 9.17) is 4.74 Å². The zero-order chi connectivity index (χ0) is 14.0. The Hall–Kier alpha value is -1.26. The van der Waals surface area contributed by atoms with E-state index in [1.165, 1.54) is 0 Å². The largest absolute Gasteiger partial charge is 0.496 e. The number of anilines is 1. The molecule has 0 aromatic heterocycles. The minimum atomic E-state index is -0.595. The van der Waals surface area contributed by atoms with Crippen LogP contribution in [0.1, 0.15) is 31.9 Å². The van der Waals surface area contributed by atoms with Crippen LogP contribution in [0, 0.1) is 5.92 Å². The van der Waals surface area contributed by atoms with Gasteiger partial charge in [-0.05, 0) is 31.4 Å². The Morgan fingerprint density at radius 2 is 2.16 bits per heavy atom. The van der Waals surface area contributed by atoms with Gasteiger partial charge in [-0.15, -0.1) is 0 Å². The fourth-order valence-corrected chi connectivity index (χ4v) is 2.67. The first-order chi connectivity index (χ1) is 9.04. The van der Waals surface area contributed by atoms with Gasteiger partial charge in [-0.2, -0.15) is 0 Å². The smallest absolute Gasteiger partial charge is 0.126 e. The summed E-state index contributed by atoms with van der Waals surface area (Å²) in [5.74, 6) is 1.03. The zero-order valence-corrected chi connectivity index (χ0v) is 11.8. The summed E-state index contributed by atoms with van der Waals surface area (Å²) < 4.78 is 5.34. The van der Waals surface area contributed by atoms with Crippen molar-refractivity contribution in [2.75, 3.05) is 25.1 Å². The molecule has 1 aromatic carbocycles. The molecular weight excluding hydrogens is 242 g/mol. The lowest BCUT2D eigenvalue weighted by atomic mass is 9.94. The molecule has 0 spiro atoms. The molecule has 0 radical (unpaired) electrons. The molecule has 1 aliphatic rings. The van der Waals surface area contributed by atoms with E-state index in [0.717, 1.165) is 24.2 Å². The summed E-state index contributed by atoms with van der Waals surface area (Å²) >= 11 is 0. The summed E-state index contributed by atoms with van der Waals surface area (Å²) in [6, 6.07) is 5.76. The monoisotopic (exact) mass is 265 g/mol. The fourth-order valence-electron chi connectivity index (χ4n) is 2.67. The van der Waals surface area contributed by atoms with Crippen molar-refractivity contribution < 1.29 is 14.9 Å². The normalized spacial score (nSPS) is 25.2. The van der Waals surface area contributed by atoms with Gasteiger partial charge in [0.25, 0.3) is 0 Å². The van der Waals surface area contributed by atoms with Crippen LogP contribution < -0.4 is 9.64 Å². The highest BCUT2D eigenvalue weighted by molar-refractivity contribution is 5.60. The molecule has 1 fully saturated rings. The van der Waals surface area contributed by atoms with E-state index in [9.17, 15) is 10.2 Å². The fraction of sp³-hybridized carbons (Fsp3) is 0.600.